The molecule has 0 radical (unpaired) electrons. The fourth-order valence-corrected chi connectivity index (χ4v) is 4.27. The van der Waals surface area contributed by atoms with E-state index in [0.717, 1.165) is 72.8 Å². The summed E-state index contributed by atoms with van der Waals surface area (Å²) in [6.07, 6.45) is -13.7. The molecule has 0 N–H and O–H groups in total. The molecule has 0 aliphatic carbocycles. The van der Waals surface area contributed by atoms with E-state index in [1.807, 2.05) is 0 Å². The minimum absolute atomic E-state index is 0.0115. The lowest BCUT2D eigenvalue weighted by Crippen LogP contribution is -2.05. The van der Waals surface area contributed by atoms with E-state index in [0.29, 0.717) is 0 Å². The molecule has 0 aliphatic heterocycles. The van der Waals surface area contributed by atoms with E-state index in [-0.39, 0.29) is 50.6 Å². The summed E-state index contributed by atoms with van der Waals surface area (Å²) < 4.78 is 134. The average Bonchev–Trinajstić information content (AvgIpc) is 3.04. The van der Waals surface area contributed by atoms with Gasteiger partial charge >= 0.3 is 18.5 Å². The number of benzene rings is 4. The summed E-state index contributed by atoms with van der Waals surface area (Å²) in [5, 5.41) is 0. The van der Waals surface area contributed by atoms with Crippen molar-refractivity contribution < 1.29 is 53.7 Å². The SMILES string of the molecule is COc1c(C#Cc2ccc(C(F)(F)F)cc2)c(OC)c(C#Cc2ccc(C(F)(F)F)cc2)c(OC)c1C#Cc1ccc(C(F)(F)F)cc1. The summed E-state index contributed by atoms with van der Waals surface area (Å²) >= 11 is 0. The van der Waals surface area contributed by atoms with Crippen molar-refractivity contribution >= 4 is 0 Å². The first-order chi connectivity index (χ1) is 22.6. The third-order valence-electron chi connectivity index (χ3n) is 6.61. The van der Waals surface area contributed by atoms with Crippen LogP contribution in [0.25, 0.3) is 0 Å². The molecule has 0 aromatic heterocycles. The maximum absolute atomic E-state index is 13.1. The third kappa shape index (κ3) is 8.18. The molecule has 246 valence electrons. The number of rotatable bonds is 3. The molecule has 0 fully saturated rings. The van der Waals surface area contributed by atoms with Crippen molar-refractivity contribution in [3.05, 3.63) is 123 Å². The Hall–Kier alpha value is -5.67. The number of ether oxygens (including phenoxy) is 3. The maximum atomic E-state index is 13.1. The molecule has 0 saturated heterocycles. The molecule has 0 aliphatic rings. The monoisotopic (exact) mass is 672 g/mol. The largest absolute Gasteiger partial charge is 0.494 e. The van der Waals surface area contributed by atoms with Crippen molar-refractivity contribution in [1.29, 1.82) is 0 Å². The van der Waals surface area contributed by atoms with E-state index in [1.165, 1.54) is 21.3 Å². The van der Waals surface area contributed by atoms with Crippen LogP contribution in [0, 0.1) is 35.5 Å². The summed E-state index contributed by atoms with van der Waals surface area (Å²) in [4.78, 5) is 0. The van der Waals surface area contributed by atoms with Crippen molar-refractivity contribution in [2.24, 2.45) is 0 Å². The predicted octanol–water partition coefficient (Wildman–Crippen LogP) is 8.97. The molecule has 0 unspecified atom stereocenters. The van der Waals surface area contributed by atoms with Crippen LogP contribution >= 0.6 is 0 Å². The van der Waals surface area contributed by atoms with Gasteiger partial charge in [0, 0.05) is 16.7 Å². The van der Waals surface area contributed by atoms with Gasteiger partial charge in [-0.15, -0.1) is 0 Å². The van der Waals surface area contributed by atoms with Crippen LogP contribution in [-0.4, -0.2) is 21.3 Å². The lowest BCUT2D eigenvalue weighted by molar-refractivity contribution is -0.138. The first kappa shape index (κ1) is 35.2. The highest BCUT2D eigenvalue weighted by molar-refractivity contribution is 5.76. The number of halogens is 9. The molecule has 0 amide bonds. The molecule has 48 heavy (non-hydrogen) atoms. The van der Waals surface area contributed by atoms with Crippen LogP contribution in [0.1, 0.15) is 50.1 Å². The molecule has 12 heteroatoms. The number of alkyl halides is 9. The highest BCUT2D eigenvalue weighted by Gasteiger charge is 2.31. The Bertz CT molecular complexity index is 1720. The van der Waals surface area contributed by atoms with Crippen molar-refractivity contribution in [3.8, 4) is 52.8 Å². The Morgan fingerprint density at radius 3 is 0.729 bits per heavy atom. The van der Waals surface area contributed by atoms with E-state index in [9.17, 15) is 39.5 Å². The van der Waals surface area contributed by atoms with Gasteiger partial charge in [-0.3, -0.25) is 0 Å². The van der Waals surface area contributed by atoms with Gasteiger partial charge in [-0.05, 0) is 72.8 Å². The average molecular weight is 673 g/mol. The molecule has 4 rings (SSSR count). The fraction of sp³-hybridized carbons (Fsp3) is 0.167. The van der Waals surface area contributed by atoms with Crippen LogP contribution < -0.4 is 14.2 Å². The summed E-state index contributed by atoms with van der Waals surface area (Å²) in [6, 6.07) is 12.1. The smallest absolute Gasteiger partial charge is 0.416 e. The zero-order valence-electron chi connectivity index (χ0n) is 25.1. The second-order valence-electron chi connectivity index (χ2n) is 9.70. The molecule has 4 aromatic carbocycles. The predicted molar refractivity (Wildman–Crippen MR) is 158 cm³/mol. The van der Waals surface area contributed by atoms with Crippen molar-refractivity contribution in [2.45, 2.75) is 18.5 Å². The molecule has 4 aromatic rings. The van der Waals surface area contributed by atoms with Crippen LogP contribution in [0.2, 0.25) is 0 Å². The molecule has 0 bridgehead atoms. The Labute approximate surface area is 269 Å². The standard InChI is InChI=1S/C36H21F9O3/c1-46-31-28(19-10-22-4-13-25(14-5-22)34(37,38)39)32(47-2)30(21-12-24-8-17-27(18-9-24)36(43,44)45)33(48-3)29(31)20-11-23-6-15-26(16-7-23)35(40,41)42/h4-9,13-18H,1-3H3. The Kier molecular flexibility index (Phi) is 10.3. The molecular formula is C36H21F9O3. The van der Waals surface area contributed by atoms with Gasteiger partial charge in [-0.1, -0.05) is 35.5 Å². The lowest BCUT2D eigenvalue weighted by Gasteiger charge is -2.17. The van der Waals surface area contributed by atoms with Gasteiger partial charge in [0.2, 0.25) is 0 Å². The second-order valence-corrected chi connectivity index (χ2v) is 9.70. The second kappa shape index (κ2) is 14.0. The topological polar surface area (TPSA) is 27.7 Å². The fourth-order valence-electron chi connectivity index (χ4n) is 4.27. The van der Waals surface area contributed by atoms with E-state index in [2.05, 4.69) is 35.5 Å². The van der Waals surface area contributed by atoms with Crippen molar-refractivity contribution in [3.63, 3.8) is 0 Å². The van der Waals surface area contributed by atoms with Gasteiger partial charge < -0.3 is 14.2 Å². The molecule has 0 spiro atoms. The van der Waals surface area contributed by atoms with Gasteiger partial charge in [-0.2, -0.15) is 39.5 Å². The van der Waals surface area contributed by atoms with Gasteiger partial charge in [-0.25, -0.2) is 0 Å². The highest BCUT2D eigenvalue weighted by Crippen LogP contribution is 2.43. The Balaban J connectivity index is 1.95. The number of methoxy groups -OCH3 is 3. The van der Waals surface area contributed by atoms with Gasteiger partial charge in [0.15, 0.2) is 17.2 Å². The van der Waals surface area contributed by atoms with E-state index in [1.54, 1.807) is 0 Å². The van der Waals surface area contributed by atoms with Crippen LogP contribution in [0.3, 0.4) is 0 Å². The molecule has 3 nitrogen and oxygen atoms in total. The van der Waals surface area contributed by atoms with Crippen molar-refractivity contribution in [2.75, 3.05) is 21.3 Å². The normalized spacial score (nSPS) is 11.2. The number of hydrogen-bond donors (Lipinski definition) is 0. The summed E-state index contributed by atoms with van der Waals surface area (Å²) in [7, 11) is 3.82. The quantitative estimate of drug-likeness (QED) is 0.161. The first-order valence-electron chi connectivity index (χ1n) is 13.5. The summed E-state index contributed by atoms with van der Waals surface area (Å²) in [5.41, 5.74) is -1.96. The Morgan fingerprint density at radius 1 is 0.354 bits per heavy atom. The Morgan fingerprint density at radius 2 is 0.562 bits per heavy atom. The van der Waals surface area contributed by atoms with Crippen LogP contribution in [0.5, 0.6) is 17.2 Å². The maximum Gasteiger partial charge on any atom is 0.416 e. The van der Waals surface area contributed by atoms with E-state index < -0.39 is 35.2 Å². The molecule has 0 atom stereocenters. The third-order valence-corrected chi connectivity index (χ3v) is 6.61. The van der Waals surface area contributed by atoms with Crippen molar-refractivity contribution in [1.82, 2.24) is 0 Å². The van der Waals surface area contributed by atoms with E-state index in [4.69, 9.17) is 14.2 Å². The zero-order chi connectivity index (χ0) is 35.3. The minimum Gasteiger partial charge on any atom is -0.494 e. The van der Waals surface area contributed by atoms with Crippen LogP contribution in [0.4, 0.5) is 39.5 Å². The summed E-state index contributed by atoms with van der Waals surface area (Å²) in [6.45, 7) is 0. The van der Waals surface area contributed by atoms with E-state index >= 15 is 0 Å². The molecule has 0 saturated carbocycles. The van der Waals surface area contributed by atoms with Crippen LogP contribution in [-0.2, 0) is 18.5 Å². The molecule has 0 heterocycles. The van der Waals surface area contributed by atoms with Crippen LogP contribution in [0.15, 0.2) is 72.8 Å². The summed E-state index contributed by atoms with van der Waals surface area (Å²) in [5.74, 6) is 16.6. The van der Waals surface area contributed by atoms with Gasteiger partial charge in [0.25, 0.3) is 0 Å². The first-order valence-corrected chi connectivity index (χ1v) is 13.5. The minimum atomic E-state index is -4.56. The van der Waals surface area contributed by atoms with Gasteiger partial charge in [0.1, 0.15) is 16.7 Å². The number of hydrogen-bond acceptors (Lipinski definition) is 3. The highest BCUT2D eigenvalue weighted by atomic mass is 19.4. The molecular weight excluding hydrogens is 651 g/mol. The van der Waals surface area contributed by atoms with Gasteiger partial charge in [0.05, 0.1) is 38.0 Å². The zero-order valence-corrected chi connectivity index (χ0v) is 25.1. The lowest BCUT2D eigenvalue weighted by atomic mass is 9.99.